The summed E-state index contributed by atoms with van der Waals surface area (Å²) < 4.78 is 10.5. The Balaban J connectivity index is 1.76. The second-order valence-corrected chi connectivity index (χ2v) is 5.55. The Morgan fingerprint density at radius 3 is 2.44 bits per heavy atom. The molecule has 2 aromatic carbocycles. The van der Waals surface area contributed by atoms with E-state index in [9.17, 15) is 10.1 Å². The van der Waals surface area contributed by atoms with Crippen molar-refractivity contribution >= 4 is 17.3 Å². The smallest absolute Gasteiger partial charge is 0.269 e. The molecule has 0 heterocycles. The van der Waals surface area contributed by atoms with E-state index in [0.717, 1.165) is 11.3 Å². The molecule has 9 heteroatoms. The Kier molecular flexibility index (Phi) is 7.24. The Morgan fingerprint density at radius 2 is 1.81 bits per heavy atom. The third-order valence-electron chi connectivity index (χ3n) is 3.72. The van der Waals surface area contributed by atoms with E-state index in [1.165, 1.54) is 12.1 Å². The monoisotopic (exact) mass is 373 g/mol. The van der Waals surface area contributed by atoms with Gasteiger partial charge < -0.3 is 25.8 Å². The van der Waals surface area contributed by atoms with Gasteiger partial charge in [-0.3, -0.25) is 10.1 Å². The number of methoxy groups -OCH3 is 2. The molecule has 27 heavy (non-hydrogen) atoms. The van der Waals surface area contributed by atoms with Crippen LogP contribution in [0.4, 0.5) is 11.4 Å². The summed E-state index contributed by atoms with van der Waals surface area (Å²) in [5.41, 5.74) is 7.66. The second-order valence-electron chi connectivity index (χ2n) is 5.55. The number of rotatable bonds is 9. The molecule has 4 N–H and O–H groups in total. The van der Waals surface area contributed by atoms with Crippen LogP contribution in [0.3, 0.4) is 0 Å². The quantitative estimate of drug-likeness (QED) is 0.202. The lowest BCUT2D eigenvalue weighted by Gasteiger charge is -2.10. The van der Waals surface area contributed by atoms with E-state index >= 15 is 0 Å². The highest BCUT2D eigenvalue weighted by molar-refractivity contribution is 5.77. The molecule has 9 nitrogen and oxygen atoms in total. The summed E-state index contributed by atoms with van der Waals surface area (Å²) in [5, 5.41) is 16.8. The van der Waals surface area contributed by atoms with Crippen molar-refractivity contribution in [2.45, 2.75) is 6.54 Å². The molecule has 0 aliphatic carbocycles. The summed E-state index contributed by atoms with van der Waals surface area (Å²) in [6.45, 7) is 1.55. The highest BCUT2D eigenvalue weighted by atomic mass is 16.6. The zero-order valence-corrected chi connectivity index (χ0v) is 15.3. The molecule has 0 fully saturated rings. The largest absolute Gasteiger partial charge is 0.493 e. The van der Waals surface area contributed by atoms with Crippen molar-refractivity contribution in [1.82, 2.24) is 5.32 Å². The Hall–Kier alpha value is -3.49. The van der Waals surface area contributed by atoms with Crippen LogP contribution in [0.15, 0.2) is 47.5 Å². The van der Waals surface area contributed by atoms with Gasteiger partial charge >= 0.3 is 0 Å². The van der Waals surface area contributed by atoms with Crippen molar-refractivity contribution in [2.75, 3.05) is 32.6 Å². The molecule has 0 amide bonds. The van der Waals surface area contributed by atoms with Crippen molar-refractivity contribution in [2.24, 2.45) is 10.7 Å². The molecule has 2 rings (SSSR count). The van der Waals surface area contributed by atoms with Crippen molar-refractivity contribution in [1.29, 1.82) is 0 Å². The Morgan fingerprint density at radius 1 is 1.11 bits per heavy atom. The van der Waals surface area contributed by atoms with Gasteiger partial charge in [0.2, 0.25) is 0 Å². The van der Waals surface area contributed by atoms with Gasteiger partial charge in [-0.15, -0.1) is 0 Å². The number of nitro groups is 1. The van der Waals surface area contributed by atoms with Gasteiger partial charge in [-0.1, -0.05) is 6.07 Å². The third-order valence-corrected chi connectivity index (χ3v) is 3.72. The van der Waals surface area contributed by atoms with Gasteiger partial charge in [-0.2, -0.15) is 0 Å². The van der Waals surface area contributed by atoms with E-state index in [1.807, 2.05) is 18.2 Å². The minimum atomic E-state index is -0.430. The molecule has 0 saturated carbocycles. The average Bonchev–Trinajstić information content (AvgIpc) is 2.69. The van der Waals surface area contributed by atoms with Crippen LogP contribution in [-0.2, 0) is 6.54 Å². The van der Waals surface area contributed by atoms with Crippen molar-refractivity contribution in [3.8, 4) is 11.5 Å². The van der Waals surface area contributed by atoms with Gasteiger partial charge in [0.1, 0.15) is 0 Å². The minimum absolute atomic E-state index is 0.0604. The first-order valence-corrected chi connectivity index (χ1v) is 8.26. The van der Waals surface area contributed by atoms with Crippen LogP contribution in [0, 0.1) is 10.1 Å². The Bertz CT molecular complexity index is 793. The van der Waals surface area contributed by atoms with Gasteiger partial charge in [0.05, 0.1) is 25.7 Å². The highest BCUT2D eigenvalue weighted by Crippen LogP contribution is 2.27. The number of nitrogens with one attached hydrogen (secondary N) is 2. The summed E-state index contributed by atoms with van der Waals surface area (Å²) in [6.07, 6.45) is 0. The van der Waals surface area contributed by atoms with E-state index in [-0.39, 0.29) is 5.69 Å². The predicted octanol–water partition coefficient (Wildman–Crippen LogP) is 2.13. The first kappa shape index (κ1) is 19.8. The number of nitro benzene ring substituents is 1. The summed E-state index contributed by atoms with van der Waals surface area (Å²) in [4.78, 5) is 14.5. The highest BCUT2D eigenvalue weighted by Gasteiger charge is 2.05. The summed E-state index contributed by atoms with van der Waals surface area (Å²) in [5.74, 6) is 1.63. The standard InChI is InChI=1S/C18H23N5O4/c1-26-16-8-3-13(11-17(16)27-2)12-22-18(19)21-10-9-20-14-4-6-15(7-5-14)23(24)25/h3-8,11,20H,9-10,12H2,1-2H3,(H3,19,21,22). The fourth-order valence-electron chi connectivity index (χ4n) is 2.31. The minimum Gasteiger partial charge on any atom is -0.493 e. The second kappa shape index (κ2) is 9.85. The predicted molar refractivity (Wildman–Crippen MR) is 104 cm³/mol. The van der Waals surface area contributed by atoms with Gasteiger partial charge in [0, 0.05) is 30.9 Å². The Labute approximate surface area is 157 Å². The lowest BCUT2D eigenvalue weighted by molar-refractivity contribution is -0.384. The van der Waals surface area contributed by atoms with Gasteiger partial charge in [-0.25, -0.2) is 4.99 Å². The summed E-state index contributed by atoms with van der Waals surface area (Å²) >= 11 is 0. The fourth-order valence-corrected chi connectivity index (χ4v) is 2.31. The number of ether oxygens (including phenoxy) is 2. The van der Waals surface area contributed by atoms with E-state index < -0.39 is 4.92 Å². The van der Waals surface area contributed by atoms with E-state index in [4.69, 9.17) is 15.2 Å². The lowest BCUT2D eigenvalue weighted by Crippen LogP contribution is -2.35. The average molecular weight is 373 g/mol. The number of nitrogens with zero attached hydrogens (tertiary/aromatic N) is 2. The van der Waals surface area contributed by atoms with Crippen LogP contribution < -0.4 is 25.8 Å². The fraction of sp³-hybridized carbons (Fsp3) is 0.278. The molecule has 0 spiro atoms. The molecule has 0 radical (unpaired) electrons. The van der Waals surface area contributed by atoms with Crippen LogP contribution in [0.5, 0.6) is 11.5 Å². The molecular weight excluding hydrogens is 350 g/mol. The normalized spacial score (nSPS) is 11.0. The maximum absolute atomic E-state index is 10.6. The molecule has 0 aliphatic heterocycles. The maximum atomic E-state index is 10.6. The molecule has 0 atom stereocenters. The van der Waals surface area contributed by atoms with Crippen LogP contribution in [0.1, 0.15) is 5.56 Å². The molecule has 0 bridgehead atoms. The van der Waals surface area contributed by atoms with E-state index in [0.29, 0.717) is 37.1 Å². The number of hydrogen-bond donors (Lipinski definition) is 3. The summed E-state index contributed by atoms with van der Waals surface area (Å²) in [7, 11) is 3.17. The topological polar surface area (TPSA) is 124 Å². The maximum Gasteiger partial charge on any atom is 0.269 e. The number of anilines is 1. The molecule has 2 aromatic rings. The number of benzene rings is 2. The zero-order valence-electron chi connectivity index (χ0n) is 15.3. The summed E-state index contributed by atoms with van der Waals surface area (Å²) in [6, 6.07) is 11.8. The molecule has 0 saturated heterocycles. The number of hydrogen-bond acceptors (Lipinski definition) is 6. The lowest BCUT2D eigenvalue weighted by atomic mass is 10.2. The van der Waals surface area contributed by atoms with Gasteiger partial charge in [0.15, 0.2) is 17.5 Å². The van der Waals surface area contributed by atoms with Crippen LogP contribution in [-0.4, -0.2) is 38.2 Å². The number of non-ortho nitro benzene ring substituents is 1. The molecule has 144 valence electrons. The van der Waals surface area contributed by atoms with Crippen molar-refractivity contribution in [3.63, 3.8) is 0 Å². The first-order valence-electron chi connectivity index (χ1n) is 8.26. The van der Waals surface area contributed by atoms with Crippen molar-refractivity contribution < 1.29 is 14.4 Å². The van der Waals surface area contributed by atoms with Crippen LogP contribution in [0.2, 0.25) is 0 Å². The molecule has 0 aromatic heterocycles. The van der Waals surface area contributed by atoms with Crippen LogP contribution >= 0.6 is 0 Å². The van der Waals surface area contributed by atoms with E-state index in [2.05, 4.69) is 15.6 Å². The molecule has 0 aliphatic rings. The number of guanidine groups is 1. The SMILES string of the molecule is COc1ccc(CN=C(N)NCCNc2ccc([N+](=O)[O-])cc2)cc1OC. The number of aliphatic imine (C=N–C) groups is 1. The van der Waals surface area contributed by atoms with Gasteiger partial charge in [0.25, 0.3) is 5.69 Å². The molecular formula is C18H23N5O4. The van der Waals surface area contributed by atoms with Crippen molar-refractivity contribution in [3.05, 3.63) is 58.1 Å². The number of nitrogens with two attached hydrogens (primary N) is 1. The zero-order chi connectivity index (χ0) is 19.6. The third kappa shape index (κ3) is 6.07. The first-order chi connectivity index (χ1) is 13.0. The van der Waals surface area contributed by atoms with Crippen LogP contribution in [0.25, 0.3) is 0 Å². The van der Waals surface area contributed by atoms with E-state index in [1.54, 1.807) is 26.4 Å². The molecule has 0 unspecified atom stereocenters. The van der Waals surface area contributed by atoms with Gasteiger partial charge in [-0.05, 0) is 29.8 Å².